The van der Waals surface area contributed by atoms with E-state index in [4.69, 9.17) is 0 Å². The third kappa shape index (κ3) is 2.93. The van der Waals surface area contributed by atoms with Crippen molar-refractivity contribution in [2.24, 2.45) is 5.92 Å². The standard InChI is InChI=1S/C19H29N/c1-14-12-13-19(18-11-7-6-10-17(14)18)20-15(2)16-8-4-3-5-9-16/h6-7,10-11,14-16,19-20H,3-5,8-9,12-13H2,1-2H3/t14?,15-,19?/m0/s1. The van der Waals surface area contributed by atoms with Gasteiger partial charge in [-0.05, 0) is 55.6 Å². The lowest BCUT2D eigenvalue weighted by Gasteiger charge is -2.36. The number of benzene rings is 1. The predicted octanol–water partition coefficient (Wildman–Crippen LogP) is 5.18. The van der Waals surface area contributed by atoms with Gasteiger partial charge in [0.15, 0.2) is 0 Å². The van der Waals surface area contributed by atoms with E-state index in [0.29, 0.717) is 12.1 Å². The van der Waals surface area contributed by atoms with E-state index >= 15 is 0 Å². The Morgan fingerprint density at radius 2 is 1.65 bits per heavy atom. The van der Waals surface area contributed by atoms with Crippen molar-refractivity contribution in [1.29, 1.82) is 0 Å². The Balaban J connectivity index is 1.70. The molecule has 1 fully saturated rings. The first kappa shape index (κ1) is 14.1. The van der Waals surface area contributed by atoms with Gasteiger partial charge in [0.05, 0.1) is 0 Å². The lowest BCUT2D eigenvalue weighted by atomic mass is 9.79. The zero-order valence-electron chi connectivity index (χ0n) is 13.1. The van der Waals surface area contributed by atoms with Gasteiger partial charge in [-0.3, -0.25) is 0 Å². The fourth-order valence-electron chi connectivity index (χ4n) is 4.27. The molecule has 0 spiro atoms. The molecule has 0 amide bonds. The summed E-state index contributed by atoms with van der Waals surface area (Å²) in [6.07, 6.45) is 9.82. The van der Waals surface area contributed by atoms with Gasteiger partial charge >= 0.3 is 0 Å². The molecular weight excluding hydrogens is 242 g/mol. The van der Waals surface area contributed by atoms with Crippen molar-refractivity contribution in [2.75, 3.05) is 0 Å². The Labute approximate surface area is 124 Å². The second-order valence-corrected chi connectivity index (χ2v) is 7.01. The number of fused-ring (bicyclic) bond motifs is 1. The van der Waals surface area contributed by atoms with Crippen LogP contribution >= 0.6 is 0 Å². The van der Waals surface area contributed by atoms with Crippen LogP contribution < -0.4 is 5.32 Å². The van der Waals surface area contributed by atoms with Crippen molar-refractivity contribution in [2.45, 2.75) is 76.8 Å². The summed E-state index contributed by atoms with van der Waals surface area (Å²) >= 11 is 0. The molecule has 2 aliphatic rings. The summed E-state index contributed by atoms with van der Waals surface area (Å²) in [7, 11) is 0. The van der Waals surface area contributed by atoms with Crippen LogP contribution in [0.15, 0.2) is 24.3 Å². The summed E-state index contributed by atoms with van der Waals surface area (Å²) < 4.78 is 0. The van der Waals surface area contributed by atoms with Crippen molar-refractivity contribution < 1.29 is 0 Å². The molecule has 0 radical (unpaired) electrons. The molecule has 2 aliphatic carbocycles. The summed E-state index contributed by atoms with van der Waals surface area (Å²) in [4.78, 5) is 0. The van der Waals surface area contributed by atoms with Crippen molar-refractivity contribution in [3.63, 3.8) is 0 Å². The highest BCUT2D eigenvalue weighted by Crippen LogP contribution is 2.38. The van der Waals surface area contributed by atoms with Crippen LogP contribution in [0.4, 0.5) is 0 Å². The predicted molar refractivity (Wildman–Crippen MR) is 86.0 cm³/mol. The Hall–Kier alpha value is -0.820. The Morgan fingerprint density at radius 3 is 2.40 bits per heavy atom. The molecule has 2 unspecified atom stereocenters. The molecule has 3 atom stereocenters. The van der Waals surface area contributed by atoms with E-state index in [9.17, 15) is 0 Å². The molecule has 110 valence electrons. The van der Waals surface area contributed by atoms with E-state index in [2.05, 4.69) is 43.4 Å². The summed E-state index contributed by atoms with van der Waals surface area (Å²) in [5.74, 6) is 1.63. The van der Waals surface area contributed by atoms with E-state index in [1.807, 2.05) is 0 Å². The number of rotatable bonds is 3. The lowest BCUT2D eigenvalue weighted by Crippen LogP contribution is -2.38. The average molecular weight is 271 g/mol. The maximum absolute atomic E-state index is 3.97. The van der Waals surface area contributed by atoms with Gasteiger partial charge in [-0.25, -0.2) is 0 Å². The molecule has 1 N–H and O–H groups in total. The highest BCUT2D eigenvalue weighted by Gasteiger charge is 2.27. The largest absolute Gasteiger partial charge is 0.307 e. The Kier molecular flexibility index (Phi) is 4.45. The summed E-state index contributed by atoms with van der Waals surface area (Å²) in [6.45, 7) is 4.79. The Bertz CT molecular complexity index is 433. The van der Waals surface area contributed by atoms with Crippen LogP contribution in [-0.2, 0) is 0 Å². The van der Waals surface area contributed by atoms with Crippen molar-refractivity contribution in [3.05, 3.63) is 35.4 Å². The molecule has 0 heterocycles. The molecule has 0 bridgehead atoms. The molecule has 20 heavy (non-hydrogen) atoms. The quantitative estimate of drug-likeness (QED) is 0.798. The van der Waals surface area contributed by atoms with Crippen LogP contribution in [0.2, 0.25) is 0 Å². The van der Waals surface area contributed by atoms with E-state index in [1.165, 1.54) is 44.9 Å². The molecule has 1 aromatic rings. The van der Waals surface area contributed by atoms with Gasteiger partial charge < -0.3 is 5.32 Å². The van der Waals surface area contributed by atoms with Gasteiger partial charge in [0.2, 0.25) is 0 Å². The maximum atomic E-state index is 3.97. The van der Waals surface area contributed by atoms with Crippen LogP contribution in [-0.4, -0.2) is 6.04 Å². The molecule has 1 heteroatoms. The molecule has 1 aromatic carbocycles. The smallest absolute Gasteiger partial charge is 0.0325 e. The maximum Gasteiger partial charge on any atom is 0.0325 e. The highest BCUT2D eigenvalue weighted by molar-refractivity contribution is 5.35. The summed E-state index contributed by atoms with van der Waals surface area (Å²) in [5, 5.41) is 3.97. The van der Waals surface area contributed by atoms with Crippen LogP contribution in [0, 0.1) is 5.92 Å². The van der Waals surface area contributed by atoms with E-state index < -0.39 is 0 Å². The summed E-state index contributed by atoms with van der Waals surface area (Å²) in [6, 6.07) is 10.3. The van der Waals surface area contributed by atoms with Crippen LogP contribution in [0.25, 0.3) is 0 Å². The third-order valence-corrected chi connectivity index (χ3v) is 5.61. The minimum Gasteiger partial charge on any atom is -0.307 e. The lowest BCUT2D eigenvalue weighted by molar-refractivity contribution is 0.254. The first-order chi connectivity index (χ1) is 9.75. The fraction of sp³-hybridized carbons (Fsp3) is 0.684. The molecular formula is C19H29N. The van der Waals surface area contributed by atoms with Gasteiger partial charge in [-0.1, -0.05) is 50.5 Å². The second-order valence-electron chi connectivity index (χ2n) is 7.01. The zero-order chi connectivity index (χ0) is 13.9. The van der Waals surface area contributed by atoms with Gasteiger partial charge in [-0.2, -0.15) is 0 Å². The van der Waals surface area contributed by atoms with Crippen molar-refractivity contribution >= 4 is 0 Å². The first-order valence-electron chi connectivity index (χ1n) is 8.60. The number of hydrogen-bond donors (Lipinski definition) is 1. The van der Waals surface area contributed by atoms with Gasteiger partial charge in [0, 0.05) is 12.1 Å². The Morgan fingerprint density at radius 1 is 0.950 bits per heavy atom. The van der Waals surface area contributed by atoms with E-state index in [1.54, 1.807) is 11.1 Å². The van der Waals surface area contributed by atoms with Gasteiger partial charge in [0.25, 0.3) is 0 Å². The van der Waals surface area contributed by atoms with Crippen LogP contribution in [0.5, 0.6) is 0 Å². The number of hydrogen-bond acceptors (Lipinski definition) is 1. The van der Waals surface area contributed by atoms with Crippen molar-refractivity contribution in [3.8, 4) is 0 Å². The van der Waals surface area contributed by atoms with Gasteiger partial charge in [0.1, 0.15) is 0 Å². The molecule has 0 aromatic heterocycles. The molecule has 1 saturated carbocycles. The van der Waals surface area contributed by atoms with Gasteiger partial charge in [-0.15, -0.1) is 0 Å². The fourth-order valence-corrected chi connectivity index (χ4v) is 4.27. The summed E-state index contributed by atoms with van der Waals surface area (Å²) in [5.41, 5.74) is 3.14. The zero-order valence-corrected chi connectivity index (χ0v) is 13.1. The minimum absolute atomic E-state index is 0.583. The number of nitrogens with one attached hydrogen (secondary N) is 1. The molecule has 0 aliphatic heterocycles. The molecule has 3 rings (SSSR count). The monoisotopic (exact) mass is 271 g/mol. The van der Waals surface area contributed by atoms with Crippen LogP contribution in [0.1, 0.15) is 81.9 Å². The molecule has 0 saturated heterocycles. The highest BCUT2D eigenvalue weighted by atomic mass is 15.0. The molecule has 1 nitrogen and oxygen atoms in total. The van der Waals surface area contributed by atoms with Crippen LogP contribution in [0.3, 0.4) is 0 Å². The van der Waals surface area contributed by atoms with Crippen molar-refractivity contribution in [1.82, 2.24) is 5.32 Å². The third-order valence-electron chi connectivity index (χ3n) is 5.61. The average Bonchev–Trinajstić information content (AvgIpc) is 2.51. The topological polar surface area (TPSA) is 12.0 Å². The normalized spacial score (nSPS) is 28.9. The minimum atomic E-state index is 0.583. The first-order valence-corrected chi connectivity index (χ1v) is 8.60. The van der Waals surface area contributed by atoms with E-state index in [0.717, 1.165) is 11.8 Å². The SMILES string of the molecule is CC1CCC(N[C@@H](C)C2CCCCC2)c2ccccc21. The van der Waals surface area contributed by atoms with E-state index in [-0.39, 0.29) is 0 Å². The second kappa shape index (κ2) is 6.30.